The summed E-state index contributed by atoms with van der Waals surface area (Å²) >= 11 is 0. The van der Waals surface area contributed by atoms with Crippen LogP contribution in [0.15, 0.2) is 65.3 Å². The first-order chi connectivity index (χ1) is 10.1. The molecule has 0 atom stereocenters. The van der Waals surface area contributed by atoms with E-state index in [1.54, 1.807) is 30.3 Å². The Morgan fingerprint density at radius 2 is 1.71 bits per heavy atom. The molecule has 2 aromatic carbocycles. The molecule has 0 unspecified atom stereocenters. The number of phenolic OH excluding ortho intramolecular Hbond substituents is 1. The van der Waals surface area contributed by atoms with E-state index in [0.717, 1.165) is 11.3 Å². The largest absolute Gasteiger partial charge is 0.508 e. The SMILES string of the molecule is CC1=NN(c2ccccc2)C(=O)/C1=C\c1ccc(O)cc1. The highest BCUT2D eigenvalue weighted by atomic mass is 16.3. The number of rotatable bonds is 2. The minimum atomic E-state index is -0.147. The van der Waals surface area contributed by atoms with Gasteiger partial charge in [0, 0.05) is 0 Å². The van der Waals surface area contributed by atoms with Crippen LogP contribution in [0.4, 0.5) is 5.69 Å². The van der Waals surface area contributed by atoms with Gasteiger partial charge in [0.25, 0.3) is 5.91 Å². The number of nitrogens with zero attached hydrogens (tertiary/aromatic N) is 2. The second-order valence-electron chi connectivity index (χ2n) is 4.79. The van der Waals surface area contributed by atoms with Gasteiger partial charge in [-0.05, 0) is 42.8 Å². The number of hydrazone groups is 1. The average Bonchev–Trinajstić information content (AvgIpc) is 2.78. The fraction of sp³-hybridized carbons (Fsp3) is 0.0588. The molecular formula is C17H14N2O2. The van der Waals surface area contributed by atoms with Gasteiger partial charge in [-0.25, -0.2) is 0 Å². The van der Waals surface area contributed by atoms with Gasteiger partial charge >= 0.3 is 0 Å². The number of carbonyl (C=O) groups is 1. The maximum absolute atomic E-state index is 12.5. The normalized spacial score (nSPS) is 16.4. The molecule has 2 aromatic rings. The van der Waals surface area contributed by atoms with Crippen LogP contribution in [-0.2, 0) is 4.79 Å². The van der Waals surface area contributed by atoms with E-state index in [2.05, 4.69) is 5.10 Å². The summed E-state index contributed by atoms with van der Waals surface area (Å²) in [6.45, 7) is 1.81. The highest BCUT2D eigenvalue weighted by Gasteiger charge is 2.28. The van der Waals surface area contributed by atoms with Gasteiger partial charge in [0.1, 0.15) is 5.75 Å². The Hall–Kier alpha value is -2.88. The topological polar surface area (TPSA) is 52.9 Å². The third-order valence-electron chi connectivity index (χ3n) is 3.27. The quantitative estimate of drug-likeness (QED) is 0.858. The van der Waals surface area contributed by atoms with Crippen molar-refractivity contribution in [2.24, 2.45) is 5.10 Å². The van der Waals surface area contributed by atoms with Crippen LogP contribution >= 0.6 is 0 Å². The van der Waals surface area contributed by atoms with Gasteiger partial charge in [-0.3, -0.25) is 4.79 Å². The summed E-state index contributed by atoms with van der Waals surface area (Å²) in [4.78, 5) is 12.5. The zero-order valence-electron chi connectivity index (χ0n) is 11.5. The zero-order chi connectivity index (χ0) is 14.8. The van der Waals surface area contributed by atoms with Gasteiger partial charge in [0.2, 0.25) is 0 Å². The first kappa shape index (κ1) is 13.1. The van der Waals surface area contributed by atoms with Crippen LogP contribution in [0.1, 0.15) is 12.5 Å². The molecule has 1 aliphatic heterocycles. The van der Waals surface area contributed by atoms with Gasteiger partial charge in [-0.15, -0.1) is 0 Å². The lowest BCUT2D eigenvalue weighted by Gasteiger charge is -2.10. The maximum Gasteiger partial charge on any atom is 0.280 e. The molecule has 1 N–H and O–H groups in total. The van der Waals surface area contributed by atoms with Crippen molar-refractivity contribution in [3.8, 4) is 5.75 Å². The number of hydrogen-bond acceptors (Lipinski definition) is 3. The number of benzene rings is 2. The van der Waals surface area contributed by atoms with Crippen LogP contribution in [0.25, 0.3) is 6.08 Å². The molecule has 1 heterocycles. The second kappa shape index (κ2) is 5.25. The molecule has 0 spiro atoms. The molecular weight excluding hydrogens is 264 g/mol. The van der Waals surface area contributed by atoms with Crippen LogP contribution in [0.5, 0.6) is 5.75 Å². The second-order valence-corrected chi connectivity index (χ2v) is 4.79. The summed E-state index contributed by atoms with van der Waals surface area (Å²) in [7, 11) is 0. The fourth-order valence-corrected chi connectivity index (χ4v) is 2.17. The first-order valence-electron chi connectivity index (χ1n) is 6.61. The Labute approximate surface area is 122 Å². The van der Waals surface area contributed by atoms with Crippen molar-refractivity contribution in [2.75, 3.05) is 5.01 Å². The lowest BCUT2D eigenvalue weighted by molar-refractivity contribution is -0.114. The van der Waals surface area contributed by atoms with E-state index in [-0.39, 0.29) is 11.7 Å². The van der Waals surface area contributed by atoms with E-state index in [1.165, 1.54) is 5.01 Å². The lowest BCUT2D eigenvalue weighted by Crippen LogP contribution is -2.21. The Morgan fingerprint density at radius 3 is 2.38 bits per heavy atom. The number of hydrogen-bond donors (Lipinski definition) is 1. The third kappa shape index (κ3) is 2.56. The molecule has 104 valence electrons. The minimum Gasteiger partial charge on any atom is -0.508 e. The smallest absolute Gasteiger partial charge is 0.280 e. The molecule has 0 radical (unpaired) electrons. The van der Waals surface area contributed by atoms with Crippen molar-refractivity contribution in [2.45, 2.75) is 6.92 Å². The summed E-state index contributed by atoms with van der Waals surface area (Å²) in [6, 6.07) is 16.0. The van der Waals surface area contributed by atoms with Crippen LogP contribution in [-0.4, -0.2) is 16.7 Å². The Balaban J connectivity index is 1.94. The number of amides is 1. The Bertz CT molecular complexity index is 731. The molecule has 1 amide bonds. The van der Waals surface area contributed by atoms with Gasteiger partial charge in [0.05, 0.1) is 17.0 Å². The molecule has 0 saturated heterocycles. The van der Waals surface area contributed by atoms with E-state index in [4.69, 9.17) is 0 Å². The molecule has 0 aromatic heterocycles. The van der Waals surface area contributed by atoms with Crippen molar-refractivity contribution in [1.82, 2.24) is 0 Å². The Kier molecular flexibility index (Phi) is 3.28. The van der Waals surface area contributed by atoms with Gasteiger partial charge in [-0.2, -0.15) is 10.1 Å². The molecule has 0 bridgehead atoms. The standard InChI is InChI=1S/C17H14N2O2/c1-12-16(11-13-7-9-15(20)10-8-13)17(21)19(18-12)14-5-3-2-4-6-14/h2-11,20H,1H3/b16-11-. The van der Waals surface area contributed by atoms with Crippen molar-refractivity contribution < 1.29 is 9.90 Å². The molecule has 4 nitrogen and oxygen atoms in total. The van der Waals surface area contributed by atoms with Gasteiger partial charge in [0.15, 0.2) is 0 Å². The fourth-order valence-electron chi connectivity index (χ4n) is 2.17. The molecule has 0 aliphatic carbocycles. The Morgan fingerprint density at radius 1 is 1.05 bits per heavy atom. The van der Waals surface area contributed by atoms with E-state index < -0.39 is 0 Å². The summed E-state index contributed by atoms with van der Waals surface area (Å²) in [5, 5.41) is 15.0. The van der Waals surface area contributed by atoms with Crippen LogP contribution < -0.4 is 5.01 Å². The highest BCUT2D eigenvalue weighted by molar-refractivity contribution is 6.32. The molecule has 21 heavy (non-hydrogen) atoms. The molecule has 4 heteroatoms. The summed E-state index contributed by atoms with van der Waals surface area (Å²) in [5.41, 5.74) is 2.83. The van der Waals surface area contributed by atoms with Crippen LogP contribution in [0, 0.1) is 0 Å². The van der Waals surface area contributed by atoms with Crippen LogP contribution in [0.3, 0.4) is 0 Å². The first-order valence-corrected chi connectivity index (χ1v) is 6.61. The minimum absolute atomic E-state index is 0.147. The van der Waals surface area contributed by atoms with E-state index in [9.17, 15) is 9.90 Å². The summed E-state index contributed by atoms with van der Waals surface area (Å²) < 4.78 is 0. The maximum atomic E-state index is 12.5. The van der Waals surface area contributed by atoms with Gasteiger partial charge < -0.3 is 5.11 Å². The number of phenols is 1. The molecule has 0 fully saturated rings. The number of aromatic hydroxyl groups is 1. The number of para-hydroxylation sites is 1. The molecule has 1 aliphatic rings. The zero-order valence-corrected chi connectivity index (χ0v) is 11.5. The lowest BCUT2D eigenvalue weighted by atomic mass is 10.1. The van der Waals surface area contributed by atoms with Crippen molar-refractivity contribution in [3.05, 3.63) is 65.7 Å². The third-order valence-corrected chi connectivity index (χ3v) is 3.27. The number of carbonyl (C=O) groups excluding carboxylic acids is 1. The monoisotopic (exact) mass is 278 g/mol. The average molecular weight is 278 g/mol. The van der Waals surface area contributed by atoms with Crippen LogP contribution in [0.2, 0.25) is 0 Å². The van der Waals surface area contributed by atoms with Crippen molar-refractivity contribution in [3.63, 3.8) is 0 Å². The predicted molar refractivity (Wildman–Crippen MR) is 83.1 cm³/mol. The van der Waals surface area contributed by atoms with E-state index in [1.807, 2.05) is 37.3 Å². The van der Waals surface area contributed by atoms with Gasteiger partial charge in [-0.1, -0.05) is 30.3 Å². The van der Waals surface area contributed by atoms with Crippen molar-refractivity contribution >= 4 is 23.4 Å². The number of anilines is 1. The van der Waals surface area contributed by atoms with E-state index >= 15 is 0 Å². The summed E-state index contributed by atoms with van der Waals surface area (Å²) in [6.07, 6.45) is 1.78. The molecule has 0 saturated carbocycles. The molecule has 3 rings (SSSR count). The van der Waals surface area contributed by atoms with E-state index in [0.29, 0.717) is 11.3 Å². The van der Waals surface area contributed by atoms with Crippen molar-refractivity contribution in [1.29, 1.82) is 0 Å². The highest BCUT2D eigenvalue weighted by Crippen LogP contribution is 2.24. The predicted octanol–water partition coefficient (Wildman–Crippen LogP) is 3.20. The summed E-state index contributed by atoms with van der Waals surface area (Å²) in [5.74, 6) is 0.0537.